The van der Waals surface area contributed by atoms with Crippen molar-refractivity contribution in [3.63, 3.8) is 0 Å². The van der Waals surface area contributed by atoms with Crippen LogP contribution < -0.4 is 0 Å². The van der Waals surface area contributed by atoms with Gasteiger partial charge in [0.2, 0.25) is 0 Å². The highest BCUT2D eigenvalue weighted by molar-refractivity contribution is 6.32. The molecule has 3 heteroatoms. The third-order valence-electron chi connectivity index (χ3n) is 6.67. The van der Waals surface area contributed by atoms with Crippen LogP contribution in [-0.2, 0) is 11.0 Å². The summed E-state index contributed by atoms with van der Waals surface area (Å²) in [5.74, 6) is 0. The minimum atomic E-state index is -0.771. The molecule has 3 aromatic rings. The number of aliphatic hydroxyl groups is 1. The molecule has 0 radical (unpaired) electrons. The molecule has 1 N–H and O–H groups in total. The molecule has 0 aromatic heterocycles. The monoisotopic (exact) mass is 514 g/mol. The maximum absolute atomic E-state index is 9.92. The van der Waals surface area contributed by atoms with Gasteiger partial charge in [-0.25, -0.2) is 0 Å². The summed E-state index contributed by atoms with van der Waals surface area (Å²) in [6.07, 6.45) is 8.70. The summed E-state index contributed by atoms with van der Waals surface area (Å²) in [6.45, 7) is 9.21. The summed E-state index contributed by atoms with van der Waals surface area (Å²) in [4.78, 5) is 0. The van der Waals surface area contributed by atoms with E-state index in [1.54, 1.807) is 0 Å². The van der Waals surface area contributed by atoms with E-state index in [1.807, 2.05) is 6.07 Å². The standard InChI is InChI=1S/C34H46O2Si/c1-5-6-7-8-9-16-24-31(36-37-34(2,3)4)33(29-21-14-11-15-22-29)32(28-19-12-10-13-20-28)30-23-17-18-27(25-30)26-35/h10-15,17-23,25,31,35H,5-9,16,24,26,37H2,1-4H3. The van der Waals surface area contributed by atoms with Crippen molar-refractivity contribution < 1.29 is 9.53 Å². The summed E-state index contributed by atoms with van der Waals surface area (Å²) >= 11 is 0. The number of benzene rings is 3. The molecular formula is C34H46O2Si. The van der Waals surface area contributed by atoms with Gasteiger partial charge in [0, 0.05) is 0 Å². The average molecular weight is 515 g/mol. The summed E-state index contributed by atoms with van der Waals surface area (Å²) in [5, 5.41) is 10.1. The van der Waals surface area contributed by atoms with Crippen molar-refractivity contribution >= 4 is 20.9 Å². The smallest absolute Gasteiger partial charge is 0.167 e. The summed E-state index contributed by atoms with van der Waals surface area (Å²) in [6, 6.07) is 29.9. The van der Waals surface area contributed by atoms with Crippen molar-refractivity contribution in [3.05, 3.63) is 107 Å². The Morgan fingerprint density at radius 2 is 1.35 bits per heavy atom. The fourth-order valence-corrected chi connectivity index (χ4v) is 5.82. The van der Waals surface area contributed by atoms with Gasteiger partial charge in [0.05, 0.1) is 12.7 Å². The van der Waals surface area contributed by atoms with Crippen LogP contribution in [0.5, 0.6) is 0 Å². The van der Waals surface area contributed by atoms with Gasteiger partial charge in [-0.05, 0) is 50.9 Å². The van der Waals surface area contributed by atoms with Gasteiger partial charge in [0.25, 0.3) is 0 Å². The number of unbranched alkanes of at least 4 members (excludes halogenated alkanes) is 5. The molecule has 0 aliphatic heterocycles. The Kier molecular flexibility index (Phi) is 11.9. The average Bonchev–Trinajstić information content (AvgIpc) is 2.91. The minimum Gasteiger partial charge on any atom is -0.417 e. The van der Waals surface area contributed by atoms with Crippen LogP contribution in [0.4, 0.5) is 0 Å². The van der Waals surface area contributed by atoms with Crippen LogP contribution in [0.1, 0.15) is 94.9 Å². The lowest BCUT2D eigenvalue weighted by molar-refractivity contribution is 0.245. The molecule has 0 aliphatic carbocycles. The van der Waals surface area contributed by atoms with Gasteiger partial charge >= 0.3 is 0 Å². The molecule has 1 unspecified atom stereocenters. The van der Waals surface area contributed by atoms with E-state index in [1.165, 1.54) is 60.8 Å². The number of aliphatic hydroxyl groups excluding tert-OH is 1. The van der Waals surface area contributed by atoms with Gasteiger partial charge in [-0.3, -0.25) is 0 Å². The SMILES string of the molecule is CCCCCCCCC(O[SiH2]C(C)(C)C)C(=C(c1ccccc1)c1cccc(CO)c1)c1ccccc1. The third kappa shape index (κ3) is 9.41. The predicted octanol–water partition coefficient (Wildman–Crippen LogP) is 8.58. The highest BCUT2D eigenvalue weighted by Crippen LogP contribution is 2.38. The first-order valence-electron chi connectivity index (χ1n) is 14.1. The van der Waals surface area contributed by atoms with Crippen LogP contribution in [0.3, 0.4) is 0 Å². The highest BCUT2D eigenvalue weighted by atomic mass is 28.2. The molecule has 3 aromatic carbocycles. The maximum Gasteiger partial charge on any atom is 0.167 e. The maximum atomic E-state index is 9.92. The molecule has 0 fully saturated rings. The van der Waals surface area contributed by atoms with Crippen LogP contribution in [0.25, 0.3) is 11.1 Å². The Balaban J connectivity index is 2.16. The van der Waals surface area contributed by atoms with E-state index < -0.39 is 9.76 Å². The van der Waals surface area contributed by atoms with E-state index in [2.05, 4.69) is 107 Å². The lowest BCUT2D eigenvalue weighted by Crippen LogP contribution is -2.24. The zero-order chi connectivity index (χ0) is 26.5. The first kappa shape index (κ1) is 29.1. The lowest BCUT2D eigenvalue weighted by Gasteiger charge is -2.29. The van der Waals surface area contributed by atoms with Crippen molar-refractivity contribution in [3.8, 4) is 0 Å². The summed E-state index contributed by atoms with van der Waals surface area (Å²) < 4.78 is 6.96. The lowest BCUT2D eigenvalue weighted by atomic mass is 9.85. The molecule has 198 valence electrons. The minimum absolute atomic E-state index is 0.0329. The molecule has 0 bridgehead atoms. The van der Waals surface area contributed by atoms with Gasteiger partial charge < -0.3 is 9.53 Å². The molecule has 2 nitrogen and oxygen atoms in total. The Morgan fingerprint density at radius 3 is 1.97 bits per heavy atom. The van der Waals surface area contributed by atoms with E-state index in [0.717, 1.165) is 17.5 Å². The topological polar surface area (TPSA) is 29.5 Å². The van der Waals surface area contributed by atoms with Gasteiger partial charge in [0.1, 0.15) is 0 Å². The van der Waals surface area contributed by atoms with Gasteiger partial charge in [0.15, 0.2) is 9.76 Å². The van der Waals surface area contributed by atoms with E-state index in [-0.39, 0.29) is 17.7 Å². The van der Waals surface area contributed by atoms with E-state index in [9.17, 15) is 5.11 Å². The molecule has 3 rings (SSSR count). The zero-order valence-electron chi connectivity index (χ0n) is 23.4. The van der Waals surface area contributed by atoms with Crippen molar-refractivity contribution in [1.82, 2.24) is 0 Å². The number of hydrogen-bond acceptors (Lipinski definition) is 2. The van der Waals surface area contributed by atoms with E-state index in [4.69, 9.17) is 4.43 Å². The molecule has 0 saturated heterocycles. The second kappa shape index (κ2) is 15.1. The van der Waals surface area contributed by atoms with Crippen molar-refractivity contribution in [1.29, 1.82) is 0 Å². The second-order valence-electron chi connectivity index (χ2n) is 11.3. The van der Waals surface area contributed by atoms with Gasteiger partial charge in [-0.1, -0.05) is 145 Å². The molecule has 0 heterocycles. The summed E-state index contributed by atoms with van der Waals surface area (Å²) in [5.41, 5.74) is 6.94. The molecular weight excluding hydrogens is 468 g/mol. The largest absolute Gasteiger partial charge is 0.417 e. The number of rotatable bonds is 14. The normalized spacial score (nSPS) is 13.6. The third-order valence-corrected chi connectivity index (χ3v) is 8.11. The fourth-order valence-electron chi connectivity index (χ4n) is 4.79. The fraction of sp³-hybridized carbons (Fsp3) is 0.412. The first-order valence-corrected chi connectivity index (χ1v) is 15.4. The molecule has 0 spiro atoms. The van der Waals surface area contributed by atoms with E-state index in [0.29, 0.717) is 0 Å². The Hall–Kier alpha value is -2.46. The molecule has 0 saturated carbocycles. The predicted molar refractivity (Wildman–Crippen MR) is 162 cm³/mol. The van der Waals surface area contributed by atoms with Gasteiger partial charge in [-0.15, -0.1) is 0 Å². The quantitative estimate of drug-likeness (QED) is 0.133. The molecule has 37 heavy (non-hydrogen) atoms. The molecule has 1 atom stereocenters. The van der Waals surface area contributed by atoms with Crippen LogP contribution in [0, 0.1) is 0 Å². The van der Waals surface area contributed by atoms with Crippen LogP contribution >= 0.6 is 0 Å². The second-order valence-corrected chi connectivity index (χ2v) is 14.0. The van der Waals surface area contributed by atoms with E-state index >= 15 is 0 Å². The molecule has 0 aliphatic rings. The molecule has 0 amide bonds. The van der Waals surface area contributed by atoms with Crippen LogP contribution in [0.15, 0.2) is 84.9 Å². The van der Waals surface area contributed by atoms with Crippen LogP contribution in [-0.4, -0.2) is 21.0 Å². The number of hydrogen-bond donors (Lipinski definition) is 1. The Labute approximate surface area is 227 Å². The van der Waals surface area contributed by atoms with Crippen molar-refractivity contribution in [2.24, 2.45) is 0 Å². The van der Waals surface area contributed by atoms with Crippen molar-refractivity contribution in [2.45, 2.75) is 90.4 Å². The van der Waals surface area contributed by atoms with Crippen molar-refractivity contribution in [2.75, 3.05) is 0 Å². The Bertz CT molecular complexity index is 1080. The van der Waals surface area contributed by atoms with Crippen LogP contribution in [0.2, 0.25) is 5.04 Å². The summed E-state index contributed by atoms with van der Waals surface area (Å²) in [7, 11) is -0.771. The highest BCUT2D eigenvalue weighted by Gasteiger charge is 2.25. The first-order chi connectivity index (χ1) is 17.9. The zero-order valence-corrected chi connectivity index (χ0v) is 24.8. The van der Waals surface area contributed by atoms with Gasteiger partial charge in [-0.2, -0.15) is 0 Å². The Morgan fingerprint density at radius 1 is 0.757 bits per heavy atom.